The molecule has 0 saturated carbocycles. The Balaban J connectivity index is 0.000000531. The Morgan fingerprint density at radius 3 is 2.67 bits per heavy atom. The first-order valence-electron chi connectivity index (χ1n) is 4.68. The van der Waals surface area contributed by atoms with Gasteiger partial charge in [-0.15, -0.1) is 0 Å². The van der Waals surface area contributed by atoms with Crippen LogP contribution in [0.4, 0.5) is 0 Å². The summed E-state index contributed by atoms with van der Waals surface area (Å²) in [6.45, 7) is 4.00. The van der Waals surface area contributed by atoms with E-state index in [-0.39, 0.29) is 0 Å². The lowest BCUT2D eigenvalue weighted by molar-refractivity contribution is 0.0699. The number of carboxylic acids is 1. The highest BCUT2D eigenvalue weighted by molar-refractivity contribution is 9.10. The lowest BCUT2D eigenvalue weighted by Gasteiger charge is -1.92. The normalized spacial score (nSPS) is 9.53. The van der Waals surface area contributed by atoms with E-state index in [0.717, 1.165) is 15.4 Å². The van der Waals surface area contributed by atoms with E-state index in [0.29, 0.717) is 5.56 Å². The lowest BCUT2D eigenvalue weighted by Crippen LogP contribution is -1.93. The number of aromatic nitrogens is 1. The number of H-pyrrole nitrogens is 1. The third-order valence-electron chi connectivity index (χ3n) is 1.87. The van der Waals surface area contributed by atoms with Gasteiger partial charge in [0.1, 0.15) is 0 Å². The highest BCUT2D eigenvalue weighted by atomic mass is 79.9. The molecule has 2 N–H and O–H groups in total. The van der Waals surface area contributed by atoms with Crippen LogP contribution in [-0.4, -0.2) is 16.1 Å². The van der Waals surface area contributed by atoms with Gasteiger partial charge in [0, 0.05) is 21.6 Å². The van der Waals surface area contributed by atoms with Crippen LogP contribution in [0.1, 0.15) is 24.2 Å². The molecule has 0 amide bonds. The number of carbonyl (C=O) groups is 1. The molecule has 0 radical (unpaired) electrons. The van der Waals surface area contributed by atoms with Crippen LogP contribution in [0.2, 0.25) is 0 Å². The maximum absolute atomic E-state index is 10.8. The molecule has 4 heteroatoms. The second kappa shape index (κ2) is 4.98. The molecule has 0 spiro atoms. The van der Waals surface area contributed by atoms with E-state index in [4.69, 9.17) is 5.11 Å². The molecular weight excluding hydrogens is 258 g/mol. The second-order valence-corrected chi connectivity index (χ2v) is 3.61. The molecule has 2 aromatic rings. The second-order valence-electron chi connectivity index (χ2n) is 2.70. The first-order chi connectivity index (χ1) is 7.18. The molecule has 1 aromatic heterocycles. The van der Waals surface area contributed by atoms with E-state index in [9.17, 15) is 4.79 Å². The van der Waals surface area contributed by atoms with Crippen LogP contribution in [0.25, 0.3) is 10.9 Å². The molecule has 1 aromatic carbocycles. The average molecular weight is 270 g/mol. The van der Waals surface area contributed by atoms with E-state index in [2.05, 4.69) is 20.9 Å². The third-order valence-corrected chi connectivity index (χ3v) is 2.37. The number of nitrogens with one attached hydrogen (secondary N) is 1. The molecule has 0 aliphatic rings. The number of rotatable bonds is 1. The van der Waals surface area contributed by atoms with Gasteiger partial charge in [-0.25, -0.2) is 4.79 Å². The topological polar surface area (TPSA) is 53.1 Å². The Bertz CT molecular complexity index is 476. The number of hydrogen-bond donors (Lipinski definition) is 2. The summed E-state index contributed by atoms with van der Waals surface area (Å²) in [6.07, 6.45) is 1.50. The van der Waals surface area contributed by atoms with Crippen molar-refractivity contribution in [1.29, 1.82) is 0 Å². The maximum atomic E-state index is 10.8. The zero-order valence-corrected chi connectivity index (χ0v) is 10.1. The number of halogens is 1. The largest absolute Gasteiger partial charge is 0.478 e. The Labute approximate surface area is 96.2 Å². The Morgan fingerprint density at radius 2 is 2.07 bits per heavy atom. The SMILES string of the molecule is CC.O=C(O)c1c[nH]c2ccc(Br)cc12. The summed E-state index contributed by atoms with van der Waals surface area (Å²) in [5.41, 5.74) is 1.14. The number of aromatic carboxylic acids is 1. The molecule has 0 fully saturated rings. The smallest absolute Gasteiger partial charge is 0.337 e. The molecule has 0 bridgehead atoms. The quantitative estimate of drug-likeness (QED) is 0.830. The summed E-state index contributed by atoms with van der Waals surface area (Å²) in [5, 5.41) is 9.55. The number of aromatic amines is 1. The minimum atomic E-state index is -0.913. The van der Waals surface area contributed by atoms with Crippen LogP contribution in [-0.2, 0) is 0 Å². The minimum absolute atomic E-state index is 0.302. The zero-order chi connectivity index (χ0) is 11.4. The first kappa shape index (κ1) is 11.8. The van der Waals surface area contributed by atoms with E-state index in [1.807, 2.05) is 26.0 Å². The van der Waals surface area contributed by atoms with Crippen LogP contribution in [0, 0.1) is 0 Å². The van der Waals surface area contributed by atoms with Gasteiger partial charge in [0.05, 0.1) is 5.56 Å². The Morgan fingerprint density at radius 1 is 1.40 bits per heavy atom. The van der Waals surface area contributed by atoms with Crippen LogP contribution in [0.15, 0.2) is 28.9 Å². The fourth-order valence-corrected chi connectivity index (χ4v) is 1.63. The molecule has 2 rings (SSSR count). The van der Waals surface area contributed by atoms with Crippen LogP contribution in [0.3, 0.4) is 0 Å². The molecule has 0 aliphatic heterocycles. The number of benzene rings is 1. The van der Waals surface area contributed by atoms with E-state index in [1.165, 1.54) is 6.20 Å². The van der Waals surface area contributed by atoms with Crippen molar-refractivity contribution in [1.82, 2.24) is 4.98 Å². The Hall–Kier alpha value is -1.29. The van der Waals surface area contributed by atoms with Crippen LogP contribution in [0.5, 0.6) is 0 Å². The van der Waals surface area contributed by atoms with Crippen LogP contribution >= 0.6 is 15.9 Å². The van der Waals surface area contributed by atoms with Crippen molar-refractivity contribution in [3.8, 4) is 0 Å². The molecule has 80 valence electrons. The van der Waals surface area contributed by atoms with Gasteiger partial charge in [0.25, 0.3) is 0 Å². The summed E-state index contributed by atoms with van der Waals surface area (Å²) in [5.74, 6) is -0.913. The zero-order valence-electron chi connectivity index (χ0n) is 8.54. The third kappa shape index (κ3) is 2.39. The van der Waals surface area contributed by atoms with Crippen molar-refractivity contribution in [2.75, 3.05) is 0 Å². The predicted molar refractivity (Wildman–Crippen MR) is 64.3 cm³/mol. The van der Waals surface area contributed by atoms with Gasteiger partial charge in [-0.2, -0.15) is 0 Å². The van der Waals surface area contributed by atoms with Crippen LogP contribution < -0.4 is 0 Å². The lowest BCUT2D eigenvalue weighted by atomic mass is 10.2. The van der Waals surface area contributed by atoms with Gasteiger partial charge in [-0.3, -0.25) is 0 Å². The maximum Gasteiger partial charge on any atom is 0.337 e. The van der Waals surface area contributed by atoms with Gasteiger partial charge < -0.3 is 10.1 Å². The standard InChI is InChI=1S/C9H6BrNO2.C2H6/c10-5-1-2-8-6(3-5)7(4-11-8)9(12)13;1-2/h1-4,11H,(H,12,13);1-2H3. The average Bonchev–Trinajstić information content (AvgIpc) is 2.63. The molecule has 0 atom stereocenters. The van der Waals surface area contributed by atoms with Gasteiger partial charge in [0.15, 0.2) is 0 Å². The predicted octanol–water partition coefficient (Wildman–Crippen LogP) is 3.65. The molecule has 3 nitrogen and oxygen atoms in total. The molecule has 0 unspecified atom stereocenters. The highest BCUT2D eigenvalue weighted by Gasteiger charge is 2.09. The van der Waals surface area contributed by atoms with E-state index >= 15 is 0 Å². The van der Waals surface area contributed by atoms with Gasteiger partial charge in [-0.05, 0) is 18.2 Å². The van der Waals surface area contributed by atoms with E-state index < -0.39 is 5.97 Å². The van der Waals surface area contributed by atoms with Crippen molar-refractivity contribution in [3.05, 3.63) is 34.4 Å². The summed E-state index contributed by atoms with van der Waals surface area (Å²) >= 11 is 3.29. The van der Waals surface area contributed by atoms with Gasteiger partial charge >= 0.3 is 5.97 Å². The fourth-order valence-electron chi connectivity index (χ4n) is 1.27. The molecular formula is C11H12BrNO2. The van der Waals surface area contributed by atoms with Crippen molar-refractivity contribution in [2.24, 2.45) is 0 Å². The van der Waals surface area contributed by atoms with Crippen molar-refractivity contribution >= 4 is 32.8 Å². The fraction of sp³-hybridized carbons (Fsp3) is 0.182. The molecule has 15 heavy (non-hydrogen) atoms. The highest BCUT2D eigenvalue weighted by Crippen LogP contribution is 2.22. The number of fused-ring (bicyclic) bond motifs is 1. The summed E-state index contributed by atoms with van der Waals surface area (Å²) in [6, 6.07) is 5.49. The van der Waals surface area contributed by atoms with Gasteiger partial charge in [0.2, 0.25) is 0 Å². The van der Waals surface area contributed by atoms with E-state index in [1.54, 1.807) is 6.07 Å². The van der Waals surface area contributed by atoms with Crippen molar-refractivity contribution in [3.63, 3.8) is 0 Å². The number of carboxylic acid groups (broad SMARTS) is 1. The first-order valence-corrected chi connectivity index (χ1v) is 5.48. The molecule has 0 saturated heterocycles. The molecule has 1 heterocycles. The van der Waals surface area contributed by atoms with Crippen molar-refractivity contribution < 1.29 is 9.90 Å². The summed E-state index contributed by atoms with van der Waals surface area (Å²) in [7, 11) is 0. The minimum Gasteiger partial charge on any atom is -0.478 e. The number of hydrogen-bond acceptors (Lipinski definition) is 1. The summed E-state index contributed by atoms with van der Waals surface area (Å²) < 4.78 is 0.877. The monoisotopic (exact) mass is 269 g/mol. The molecule has 0 aliphatic carbocycles. The van der Waals surface area contributed by atoms with Gasteiger partial charge in [-0.1, -0.05) is 29.8 Å². The summed E-state index contributed by atoms with van der Waals surface area (Å²) in [4.78, 5) is 13.6. The Kier molecular flexibility index (Phi) is 3.91. The van der Waals surface area contributed by atoms with Crippen molar-refractivity contribution in [2.45, 2.75) is 13.8 Å².